The number of urea groups is 1. The van der Waals surface area contributed by atoms with E-state index in [1.807, 2.05) is 49.1 Å². The van der Waals surface area contributed by atoms with Crippen molar-refractivity contribution in [3.8, 4) is 5.75 Å². The van der Waals surface area contributed by atoms with E-state index in [0.29, 0.717) is 87.4 Å². The van der Waals surface area contributed by atoms with Crippen molar-refractivity contribution in [1.82, 2.24) is 36.4 Å². The van der Waals surface area contributed by atoms with E-state index >= 15 is 9.59 Å². The Balaban J connectivity index is 0.00000521. The van der Waals surface area contributed by atoms with Gasteiger partial charge in [-0.2, -0.15) is 9.59 Å². The van der Waals surface area contributed by atoms with Crippen LogP contribution in [0.25, 0.3) is 0 Å². The number of fused-ring (bicyclic) bond motifs is 6. The average Bonchev–Trinajstić information content (AvgIpc) is 1.47. The Bertz CT molecular complexity index is 4300. The first kappa shape index (κ1) is 92.1. The predicted octanol–water partition coefficient (Wildman–Crippen LogP) is 3.16. The number of carboxylic acids is 5. The maximum atomic E-state index is 15.7. The Morgan fingerprint density at radius 1 is 0.729 bits per heavy atom. The molecule has 13 N–H and O–H groups in total. The molecule has 17 atom stereocenters. The zero-order valence-electron chi connectivity index (χ0n) is 66.5. The van der Waals surface area contributed by atoms with Crippen LogP contribution in [0.1, 0.15) is 144 Å². The number of esters is 2. The topological polar surface area (TPSA) is 515 Å². The van der Waals surface area contributed by atoms with Crippen LogP contribution in [0.3, 0.4) is 0 Å². The number of rotatable bonds is 40. The molecule has 0 radical (unpaired) electrons. The summed E-state index contributed by atoms with van der Waals surface area (Å²) in [6.45, 7) is 5.75. The molecule has 5 heterocycles. The third kappa shape index (κ3) is 20.2. The van der Waals surface area contributed by atoms with E-state index < -0.39 is 204 Å². The van der Waals surface area contributed by atoms with Gasteiger partial charge in [0.05, 0.1) is 44.2 Å². The van der Waals surface area contributed by atoms with Crippen molar-refractivity contribution in [3.05, 3.63) is 107 Å². The number of aliphatic carboxylic acids is 5. The lowest BCUT2D eigenvalue weighted by atomic mass is 9.47. The highest BCUT2D eigenvalue weighted by Crippen LogP contribution is 2.68. The molecule has 7 aliphatic rings. The second kappa shape index (κ2) is 40.3. The van der Waals surface area contributed by atoms with E-state index in [1.54, 1.807) is 44.5 Å². The van der Waals surface area contributed by atoms with Gasteiger partial charge in [-0.15, -0.1) is 0 Å². The number of hydrogen-bond donors (Lipinski definition) is 13. The second-order valence-corrected chi connectivity index (χ2v) is 34.4. The molecule has 4 fully saturated rings. The summed E-state index contributed by atoms with van der Waals surface area (Å²) in [5.74, 6) is -16.3. The first-order chi connectivity index (χ1) is 56.1. The van der Waals surface area contributed by atoms with Crippen molar-refractivity contribution in [2.24, 2.45) is 29.1 Å². The highest BCUT2D eigenvalue weighted by Gasteiger charge is 2.79. The molecule has 3 aromatic carbocycles. The SMILES string of the molecule is CC[C@]1(O)CC2CN(CCC3c4ccccc4CC3[C@@](C(=O)OC)(c3cc4c(cc3OC)N(C)[C@H]3[C@@](O)(C(=O)NCC(=O)OCCSSC[C@H](NC(=O)[C@@H](CC(=O)[C@H](CC(=O)O)NC(=O)CC[C@H](CC(=O)CC[C@H](NC(=O)NCCCC(=O)O)C(=O)O)C(=O)O)Cc5ccccc5)C(=O)O)[C@H](O)[C@]5(CC)C=CCN6CC[C@]43[C@@H]65)C2)C1.O=C=O. The number of nitrogens with one attached hydrogen (secondary N) is 5. The highest BCUT2D eigenvalue weighted by molar-refractivity contribution is 8.76. The minimum atomic E-state index is -2.62. The average molecular weight is 1680 g/mol. The number of anilines is 1. The normalized spacial score (nSPS) is 26.7. The van der Waals surface area contributed by atoms with E-state index in [-0.39, 0.29) is 74.2 Å². The number of aliphatic hydroxyl groups excluding tert-OH is 1. The molecule has 642 valence electrons. The molecule has 118 heavy (non-hydrogen) atoms. The summed E-state index contributed by atoms with van der Waals surface area (Å²) >= 11 is 0. The summed E-state index contributed by atoms with van der Waals surface area (Å²) in [6, 6.07) is 13.0. The third-order valence-electron chi connectivity index (χ3n) is 24.8. The fourth-order valence-electron chi connectivity index (χ4n) is 19.6. The largest absolute Gasteiger partial charge is 0.496 e. The standard InChI is InChI=1S/C81H106N8O24S2.CO2/c1-6-77(109)40-47-41-80(75(107)112-5,54-35-48-17-11-12-18-52(48)53(54)24-29-88(43-47)45-77)56-37-55-60(39-62(56)111-4)87(3)72-79(55)26-30-89-28-14-25-78(7-2,71(79)89)73(105)81(72,110)74(106)83-42-66(97)113-31-32-114-115-44-59(70(103)104)85-67(98)50(33-46-15-9-8-10-16-46)36-61(91)58(38-65(95)96)84-63(92)23-20-49(68(99)100)34-51(90)21-22-57(69(101)102)86-76(108)82-27-13-19-64(93)94;2-1-3/h8-12,14-18,25,37,39,47,49-50,53-54,57-59,71-73,105,109-110H,6-7,13,19-24,26-36,38,40-45H2,1-5H3,(H,83,106)(H,84,92)(H,85,98)(H,93,94)(H,95,96)(H,99,100)(H,101,102)(H,103,104)(H2,82,86,108);/t47?,49-,50-,53?,54?,57+,58+,59+,71+,72-,73-,77+,78-,79-,80-,81+;/m1./s1. The number of likely N-dealkylation sites (N-methyl/N-ethyl adjacent to an activating group) is 1. The summed E-state index contributed by atoms with van der Waals surface area (Å²) in [7, 11) is 6.81. The number of ether oxygens (including phenoxy) is 3. The van der Waals surface area contributed by atoms with Gasteiger partial charge in [-0.1, -0.05) is 102 Å². The van der Waals surface area contributed by atoms with Gasteiger partial charge in [0.1, 0.15) is 48.3 Å². The van der Waals surface area contributed by atoms with E-state index in [1.165, 1.54) is 12.7 Å². The number of nitrogens with zero attached hydrogens (tertiary/aromatic N) is 3. The van der Waals surface area contributed by atoms with Crippen LogP contribution in [0.4, 0.5) is 10.5 Å². The Kier molecular flexibility index (Phi) is 31.4. The lowest BCUT2D eigenvalue weighted by Crippen LogP contribution is -2.81. The lowest BCUT2D eigenvalue weighted by Gasteiger charge is -2.63. The maximum absolute atomic E-state index is 15.7. The van der Waals surface area contributed by atoms with Crippen LogP contribution >= 0.6 is 21.6 Å². The van der Waals surface area contributed by atoms with Gasteiger partial charge in [0.25, 0.3) is 5.91 Å². The van der Waals surface area contributed by atoms with Crippen molar-refractivity contribution in [2.75, 3.05) is 90.1 Å². The van der Waals surface area contributed by atoms with E-state index in [0.717, 1.165) is 39.1 Å². The van der Waals surface area contributed by atoms with Gasteiger partial charge in [0.2, 0.25) is 11.8 Å². The zero-order valence-corrected chi connectivity index (χ0v) is 68.2. The van der Waals surface area contributed by atoms with Gasteiger partial charge in [0, 0.05) is 117 Å². The molecule has 3 saturated heterocycles. The van der Waals surface area contributed by atoms with Crippen LogP contribution in [0.5, 0.6) is 5.75 Å². The monoisotopic (exact) mass is 1680 g/mol. The first-order valence-corrected chi connectivity index (χ1v) is 42.1. The van der Waals surface area contributed by atoms with Gasteiger partial charge in [0.15, 0.2) is 11.4 Å². The number of aliphatic hydroxyl groups is 3. The lowest BCUT2D eigenvalue weighted by molar-refractivity contribution is -0.203. The second-order valence-electron chi connectivity index (χ2n) is 31.7. The Morgan fingerprint density at radius 2 is 1.44 bits per heavy atom. The van der Waals surface area contributed by atoms with Crippen molar-refractivity contribution in [1.29, 1.82) is 0 Å². The number of carbonyl (C=O) groups excluding carboxylic acids is 10. The zero-order chi connectivity index (χ0) is 86.2. The Labute approximate surface area is 689 Å². The highest BCUT2D eigenvalue weighted by atomic mass is 33.1. The number of piperidine rings is 1. The maximum Gasteiger partial charge on any atom is 0.373 e. The minimum Gasteiger partial charge on any atom is -0.496 e. The first-order valence-electron chi connectivity index (χ1n) is 39.6. The van der Waals surface area contributed by atoms with Crippen molar-refractivity contribution >= 4 is 111 Å². The van der Waals surface area contributed by atoms with Gasteiger partial charge in [-0.3, -0.25) is 52.8 Å². The van der Waals surface area contributed by atoms with Crippen molar-refractivity contribution < 1.29 is 127 Å². The van der Waals surface area contributed by atoms with Crippen LogP contribution in [0.2, 0.25) is 0 Å². The number of benzene rings is 3. The van der Waals surface area contributed by atoms with Crippen LogP contribution in [-0.2, 0) is 100 Å². The fourth-order valence-corrected chi connectivity index (χ4v) is 21.6. The molecule has 3 aromatic rings. The van der Waals surface area contributed by atoms with Gasteiger partial charge < -0.3 is 91.4 Å². The molecule has 2 aliphatic carbocycles. The molecule has 2 bridgehead atoms. The summed E-state index contributed by atoms with van der Waals surface area (Å²) in [4.78, 5) is 194. The molecule has 4 unspecified atom stereocenters. The Hall–Kier alpha value is -9.81. The number of methoxy groups -OCH3 is 2. The van der Waals surface area contributed by atoms with Crippen LogP contribution in [0, 0.1) is 29.1 Å². The van der Waals surface area contributed by atoms with Crippen LogP contribution < -0.4 is 36.2 Å². The van der Waals surface area contributed by atoms with E-state index in [4.69, 9.17) is 28.9 Å². The predicted molar refractivity (Wildman–Crippen MR) is 424 cm³/mol. The quantitative estimate of drug-likeness (QED) is 0.0168. The molecule has 36 heteroatoms. The number of Topliss-reactive ketones (excluding diaryl/α,β-unsaturated/α-hetero) is 2. The molecular formula is C82H106N8O26S2. The summed E-state index contributed by atoms with van der Waals surface area (Å²) < 4.78 is 18.1. The number of hydrogen-bond acceptors (Lipinski definition) is 26. The van der Waals surface area contributed by atoms with E-state index in [2.05, 4.69) is 54.6 Å². The number of carboxylic acid groups (broad SMARTS) is 5. The summed E-state index contributed by atoms with van der Waals surface area (Å²) in [5.41, 5.74) is -2.47. The molecule has 5 amide bonds. The van der Waals surface area contributed by atoms with Gasteiger partial charge >= 0.3 is 54.0 Å². The molecule has 34 nitrogen and oxygen atoms in total. The van der Waals surface area contributed by atoms with Crippen LogP contribution in [0.15, 0.2) is 78.9 Å². The number of amides is 5. The van der Waals surface area contributed by atoms with Crippen LogP contribution in [-0.4, -0.2) is 267 Å². The van der Waals surface area contributed by atoms with Crippen molar-refractivity contribution in [2.45, 2.75) is 187 Å². The van der Waals surface area contributed by atoms with Gasteiger partial charge in [-0.05, 0) is 130 Å². The van der Waals surface area contributed by atoms with Gasteiger partial charge in [-0.25, -0.2) is 14.4 Å². The fraction of sp³-hybridized carbons (Fsp3) is 0.585. The summed E-state index contributed by atoms with van der Waals surface area (Å²) in [6.07, 6.45) is 0.864. The van der Waals surface area contributed by atoms with E-state index in [9.17, 15) is 88.5 Å². The summed E-state index contributed by atoms with van der Waals surface area (Å²) in [5, 5.41) is 99.3. The number of ketones is 2. The molecule has 5 aliphatic heterocycles. The molecule has 1 saturated carbocycles. The minimum absolute atomic E-state index is 0.0556. The molecule has 1 spiro atoms. The molecule has 0 aromatic heterocycles. The molecule has 10 rings (SSSR count). The third-order valence-corrected chi connectivity index (χ3v) is 27.2. The van der Waals surface area contributed by atoms with Crippen molar-refractivity contribution in [3.63, 3.8) is 0 Å². The Morgan fingerprint density at radius 3 is 2.10 bits per heavy atom. The number of carbonyl (C=O) groups is 13. The smallest absolute Gasteiger partial charge is 0.373 e. The molecular weight excluding hydrogens is 1580 g/mol.